The average molecular weight is 352 g/mol. The van der Waals surface area contributed by atoms with Gasteiger partial charge in [-0.05, 0) is 59.8 Å². The molecule has 1 rings (SSSR count). The summed E-state index contributed by atoms with van der Waals surface area (Å²) < 4.78 is 16.5. The Bertz CT molecular complexity index is 471. The van der Waals surface area contributed by atoms with Crippen LogP contribution in [0.5, 0.6) is 0 Å². The zero-order chi connectivity index (χ0) is 17.5. The lowest BCUT2D eigenvalue weighted by molar-refractivity contribution is 0.171. The first-order valence-corrected chi connectivity index (χ1v) is 11.5. The number of benzene rings is 1. The molecule has 0 atom stereocenters. The van der Waals surface area contributed by atoms with Crippen LogP contribution in [0.4, 0.5) is 0 Å². The van der Waals surface area contributed by atoms with Crippen LogP contribution >= 0.6 is 0 Å². The molecule has 0 unspecified atom stereocenters. The van der Waals surface area contributed by atoms with E-state index in [0.29, 0.717) is 6.61 Å². The molecule has 0 fully saturated rings. The van der Waals surface area contributed by atoms with Crippen molar-refractivity contribution in [3.05, 3.63) is 41.7 Å². The third-order valence-corrected chi connectivity index (χ3v) is 10.2. The molecular weight excluding hydrogens is 320 g/mol. The minimum Gasteiger partial charge on any atom is -0.391 e. The van der Waals surface area contributed by atoms with Crippen molar-refractivity contribution in [2.45, 2.75) is 26.9 Å². The molecule has 0 bridgehead atoms. The summed E-state index contributed by atoms with van der Waals surface area (Å²) in [6.45, 7) is 6.80. The molecule has 1 aromatic carbocycles. The third kappa shape index (κ3) is 5.37. The molecule has 0 aromatic heterocycles. The molecule has 0 aliphatic carbocycles. The topological polar surface area (TPSA) is 24.9 Å². The summed E-state index contributed by atoms with van der Waals surface area (Å²) in [4.78, 5) is 0. The monoisotopic (exact) mass is 351 g/mol. The van der Waals surface area contributed by atoms with Gasteiger partial charge >= 0.3 is 9.28 Å². The Kier molecular flexibility index (Phi) is 8.39. The largest absolute Gasteiger partial charge is 0.415 e. The molecule has 23 heavy (non-hydrogen) atoms. The van der Waals surface area contributed by atoms with Crippen LogP contribution in [0.3, 0.4) is 0 Å². The van der Waals surface area contributed by atoms with Gasteiger partial charge < -0.3 is 18.0 Å². The second-order valence-corrected chi connectivity index (χ2v) is 11.8. The predicted octanol–water partition coefficient (Wildman–Crippen LogP) is 2.04. The standard InChI is InChI=1S/C17H31N2O2Si2/c1-8-20-22(21-16(2)3)14-15-23(18(4)5,19(6)7)17-12-10-9-11-13-17/h9-16H,8H2,1-7H3/b15-14+. The predicted molar refractivity (Wildman–Crippen MR) is 102 cm³/mol. The van der Waals surface area contributed by atoms with E-state index in [2.05, 4.69) is 92.9 Å². The van der Waals surface area contributed by atoms with Crippen molar-refractivity contribution in [1.82, 2.24) is 9.13 Å². The van der Waals surface area contributed by atoms with E-state index in [1.165, 1.54) is 5.19 Å². The summed E-state index contributed by atoms with van der Waals surface area (Å²) >= 11 is 0. The minimum absolute atomic E-state index is 0.173. The summed E-state index contributed by atoms with van der Waals surface area (Å²) in [5.74, 6) is 0. The van der Waals surface area contributed by atoms with Crippen LogP contribution in [0.15, 0.2) is 41.7 Å². The first-order valence-electron chi connectivity index (χ1n) is 8.10. The summed E-state index contributed by atoms with van der Waals surface area (Å²) in [6.07, 6.45) is 0.173. The van der Waals surface area contributed by atoms with Gasteiger partial charge in [-0.1, -0.05) is 36.0 Å². The maximum atomic E-state index is 5.96. The molecule has 1 aromatic rings. The Morgan fingerprint density at radius 2 is 1.65 bits per heavy atom. The minimum atomic E-state index is -2.12. The van der Waals surface area contributed by atoms with E-state index >= 15 is 0 Å². The molecule has 0 aliphatic rings. The van der Waals surface area contributed by atoms with Crippen molar-refractivity contribution < 1.29 is 8.85 Å². The van der Waals surface area contributed by atoms with Crippen LogP contribution in [0.25, 0.3) is 0 Å². The number of rotatable bonds is 9. The molecular formula is C17H31N2O2Si2. The Morgan fingerprint density at radius 3 is 2.09 bits per heavy atom. The fourth-order valence-electron chi connectivity index (χ4n) is 2.67. The van der Waals surface area contributed by atoms with Gasteiger partial charge in [0, 0.05) is 12.7 Å². The Hall–Kier alpha value is -0.766. The van der Waals surface area contributed by atoms with Gasteiger partial charge in [0.05, 0.1) is 0 Å². The van der Waals surface area contributed by atoms with Gasteiger partial charge in [-0.15, -0.1) is 0 Å². The van der Waals surface area contributed by atoms with Crippen LogP contribution in [0.2, 0.25) is 0 Å². The molecule has 0 aliphatic heterocycles. The third-order valence-electron chi connectivity index (χ3n) is 3.65. The first-order chi connectivity index (χ1) is 10.8. The number of nitrogens with zero attached hydrogens (tertiary/aromatic N) is 2. The van der Waals surface area contributed by atoms with Gasteiger partial charge in [0.25, 0.3) is 8.40 Å². The highest BCUT2D eigenvalue weighted by Crippen LogP contribution is 2.13. The van der Waals surface area contributed by atoms with E-state index in [4.69, 9.17) is 8.85 Å². The van der Waals surface area contributed by atoms with E-state index in [1.54, 1.807) is 0 Å². The maximum Gasteiger partial charge on any atom is 0.415 e. The van der Waals surface area contributed by atoms with Crippen LogP contribution < -0.4 is 5.19 Å². The highest BCUT2D eigenvalue weighted by molar-refractivity contribution is 6.91. The molecule has 0 saturated heterocycles. The molecule has 0 spiro atoms. The van der Waals surface area contributed by atoms with Crippen LogP contribution in [0.1, 0.15) is 20.8 Å². The lowest BCUT2D eigenvalue weighted by Gasteiger charge is -2.40. The van der Waals surface area contributed by atoms with E-state index in [0.717, 1.165) is 0 Å². The Morgan fingerprint density at radius 1 is 1.09 bits per heavy atom. The van der Waals surface area contributed by atoms with Gasteiger partial charge in [0.2, 0.25) is 0 Å². The second kappa shape index (κ2) is 9.51. The van der Waals surface area contributed by atoms with Crippen molar-refractivity contribution in [1.29, 1.82) is 0 Å². The SMILES string of the molecule is CCO[Si](/C=C/[Si](c1ccccc1)(N(C)C)N(C)C)OC(C)C. The second-order valence-electron chi connectivity index (χ2n) is 6.13. The van der Waals surface area contributed by atoms with Crippen LogP contribution in [-0.2, 0) is 8.85 Å². The smallest absolute Gasteiger partial charge is 0.391 e. The summed E-state index contributed by atoms with van der Waals surface area (Å²) in [7, 11) is 5.09. The molecule has 1 radical (unpaired) electrons. The summed E-state index contributed by atoms with van der Waals surface area (Å²) in [5, 5.41) is 1.36. The van der Waals surface area contributed by atoms with E-state index in [-0.39, 0.29) is 6.10 Å². The zero-order valence-corrected chi connectivity index (χ0v) is 17.5. The van der Waals surface area contributed by atoms with Gasteiger partial charge in [0.15, 0.2) is 0 Å². The van der Waals surface area contributed by atoms with Crippen LogP contribution in [0, 0.1) is 0 Å². The van der Waals surface area contributed by atoms with E-state index in [9.17, 15) is 0 Å². The Labute approximate surface area is 144 Å². The van der Waals surface area contributed by atoms with Crippen LogP contribution in [-0.4, -0.2) is 67.7 Å². The lowest BCUT2D eigenvalue weighted by atomic mass is 10.4. The average Bonchev–Trinajstić information content (AvgIpc) is 2.47. The normalized spacial score (nSPS) is 13.2. The Balaban J connectivity index is 3.21. The van der Waals surface area contributed by atoms with Gasteiger partial charge in [-0.3, -0.25) is 0 Å². The maximum absolute atomic E-state index is 5.96. The summed E-state index contributed by atoms with van der Waals surface area (Å²) in [5.41, 5.74) is 4.52. The zero-order valence-electron chi connectivity index (χ0n) is 15.5. The van der Waals surface area contributed by atoms with Crippen molar-refractivity contribution in [2.24, 2.45) is 0 Å². The molecule has 4 nitrogen and oxygen atoms in total. The summed E-state index contributed by atoms with van der Waals surface area (Å²) in [6, 6.07) is 10.7. The van der Waals surface area contributed by atoms with Gasteiger partial charge in [0.1, 0.15) is 0 Å². The highest BCUT2D eigenvalue weighted by atomic mass is 28.4. The fraction of sp³-hybridized carbons (Fsp3) is 0.529. The first kappa shape index (κ1) is 20.3. The van der Waals surface area contributed by atoms with Crippen molar-refractivity contribution in [3.8, 4) is 0 Å². The molecule has 0 N–H and O–H groups in total. The molecule has 129 valence electrons. The fourth-order valence-corrected chi connectivity index (χ4v) is 8.44. The van der Waals surface area contributed by atoms with Crippen molar-refractivity contribution >= 4 is 22.9 Å². The van der Waals surface area contributed by atoms with Crippen molar-refractivity contribution in [2.75, 3.05) is 34.8 Å². The molecule has 0 amide bonds. The number of hydrogen-bond acceptors (Lipinski definition) is 4. The number of hydrogen-bond donors (Lipinski definition) is 0. The van der Waals surface area contributed by atoms with Gasteiger partial charge in [-0.25, -0.2) is 0 Å². The quantitative estimate of drug-likeness (QED) is 0.636. The molecule has 0 heterocycles. The van der Waals surface area contributed by atoms with E-state index in [1.807, 2.05) is 6.92 Å². The van der Waals surface area contributed by atoms with E-state index < -0.39 is 17.7 Å². The molecule has 0 saturated carbocycles. The van der Waals surface area contributed by atoms with Crippen molar-refractivity contribution in [3.63, 3.8) is 0 Å². The van der Waals surface area contributed by atoms with Gasteiger partial charge in [-0.2, -0.15) is 0 Å². The molecule has 6 heteroatoms. The highest BCUT2D eigenvalue weighted by Gasteiger charge is 2.39. The lowest BCUT2D eigenvalue weighted by Crippen LogP contribution is -2.68.